The molecule has 2 aromatic heterocycles. The van der Waals surface area contributed by atoms with Gasteiger partial charge in [-0.25, -0.2) is 4.98 Å². The highest BCUT2D eigenvalue weighted by molar-refractivity contribution is 7.92. The van der Waals surface area contributed by atoms with Crippen LogP contribution < -0.4 is 4.72 Å². The van der Waals surface area contributed by atoms with Gasteiger partial charge in [-0.2, -0.15) is 8.42 Å². The van der Waals surface area contributed by atoms with Gasteiger partial charge in [0.05, 0.1) is 18.1 Å². The molecule has 90 valence electrons. The van der Waals surface area contributed by atoms with Crippen LogP contribution in [-0.2, 0) is 16.4 Å². The van der Waals surface area contributed by atoms with Gasteiger partial charge in [0, 0.05) is 12.6 Å². The van der Waals surface area contributed by atoms with Crippen LogP contribution in [0.1, 0.15) is 12.7 Å². The highest BCUT2D eigenvalue weighted by Crippen LogP contribution is 2.12. The summed E-state index contributed by atoms with van der Waals surface area (Å²) in [5, 5.41) is 0.0539. The van der Waals surface area contributed by atoms with E-state index in [1.807, 2.05) is 6.92 Å². The maximum absolute atomic E-state index is 11.9. The summed E-state index contributed by atoms with van der Waals surface area (Å²) in [6.45, 7) is 1.89. The summed E-state index contributed by atoms with van der Waals surface area (Å²) in [5.74, 6) is 0.636. The zero-order valence-corrected chi connectivity index (χ0v) is 10.0. The molecule has 0 radical (unpaired) electrons. The molecule has 0 saturated heterocycles. The van der Waals surface area contributed by atoms with Gasteiger partial charge in [0.1, 0.15) is 5.82 Å². The number of imidazole rings is 1. The number of sulfonamides is 1. The Kier molecular flexibility index (Phi) is 3.10. The number of aromatic nitrogens is 3. The molecule has 2 heterocycles. The fraction of sp³-hybridized carbons (Fsp3) is 0.200. The van der Waals surface area contributed by atoms with E-state index in [1.165, 1.54) is 12.4 Å². The number of hydrogen-bond acceptors (Lipinski definition) is 4. The molecule has 0 spiro atoms. The molecule has 0 atom stereocenters. The zero-order chi connectivity index (χ0) is 12.3. The standard InChI is InChI=1S/C10H12N4O2S/c1-2-9-12-7-10(13-9)17(15,16)14-8-4-3-5-11-6-8/h3-7,14H,2H2,1H3,(H,12,13). The number of H-pyrrole nitrogens is 1. The molecule has 0 unspecified atom stereocenters. The maximum atomic E-state index is 11.9. The van der Waals surface area contributed by atoms with Crippen molar-refractivity contribution in [2.75, 3.05) is 4.72 Å². The molecule has 0 saturated carbocycles. The summed E-state index contributed by atoms with van der Waals surface area (Å²) in [5.41, 5.74) is 0.417. The summed E-state index contributed by atoms with van der Waals surface area (Å²) in [7, 11) is -3.61. The number of rotatable bonds is 4. The largest absolute Gasteiger partial charge is 0.332 e. The molecule has 6 nitrogen and oxygen atoms in total. The fourth-order valence-electron chi connectivity index (χ4n) is 1.29. The summed E-state index contributed by atoms with van der Waals surface area (Å²) in [6.07, 6.45) is 4.97. The molecule has 2 N–H and O–H groups in total. The molecule has 2 rings (SSSR count). The second-order valence-corrected chi connectivity index (χ2v) is 5.05. The molecule has 0 aliphatic rings. The van der Waals surface area contributed by atoms with E-state index in [0.717, 1.165) is 0 Å². The average molecular weight is 252 g/mol. The predicted octanol–water partition coefficient (Wildman–Crippen LogP) is 1.17. The topological polar surface area (TPSA) is 87.7 Å². The van der Waals surface area contributed by atoms with Crippen LogP contribution in [0.15, 0.2) is 35.7 Å². The molecule has 0 amide bonds. The number of nitrogens with one attached hydrogen (secondary N) is 2. The van der Waals surface area contributed by atoms with E-state index in [-0.39, 0.29) is 5.03 Å². The predicted molar refractivity (Wildman–Crippen MR) is 63.0 cm³/mol. The van der Waals surface area contributed by atoms with Crippen molar-refractivity contribution < 1.29 is 8.42 Å². The SMILES string of the molecule is CCc1ncc(S(=O)(=O)Nc2cccnc2)[nH]1. The van der Waals surface area contributed by atoms with Gasteiger partial charge in [0.15, 0.2) is 5.03 Å². The Morgan fingerprint density at radius 3 is 2.82 bits per heavy atom. The van der Waals surface area contributed by atoms with Gasteiger partial charge >= 0.3 is 0 Å². The Balaban J connectivity index is 2.25. The number of anilines is 1. The van der Waals surface area contributed by atoms with E-state index in [1.54, 1.807) is 18.3 Å². The molecule has 2 aromatic rings. The first-order chi connectivity index (χ1) is 8.12. The normalized spacial score (nSPS) is 11.4. The van der Waals surface area contributed by atoms with Gasteiger partial charge in [0.25, 0.3) is 10.0 Å². The highest BCUT2D eigenvalue weighted by atomic mass is 32.2. The number of pyridine rings is 1. The van der Waals surface area contributed by atoms with Gasteiger partial charge in [-0.1, -0.05) is 6.92 Å². The van der Waals surface area contributed by atoms with E-state index in [4.69, 9.17) is 0 Å². The molecule has 0 aromatic carbocycles. The van der Waals surface area contributed by atoms with Crippen molar-refractivity contribution in [1.29, 1.82) is 0 Å². The van der Waals surface area contributed by atoms with Crippen molar-refractivity contribution in [3.63, 3.8) is 0 Å². The lowest BCUT2D eigenvalue weighted by atomic mass is 10.4. The molecule has 7 heteroatoms. The maximum Gasteiger partial charge on any atom is 0.279 e. The van der Waals surface area contributed by atoms with E-state index < -0.39 is 10.0 Å². The quantitative estimate of drug-likeness (QED) is 0.855. The van der Waals surface area contributed by atoms with Crippen LogP contribution in [0.25, 0.3) is 0 Å². The summed E-state index contributed by atoms with van der Waals surface area (Å²) < 4.78 is 26.3. The van der Waals surface area contributed by atoms with Crippen molar-refractivity contribution in [1.82, 2.24) is 15.0 Å². The van der Waals surface area contributed by atoms with Gasteiger partial charge in [-0.3, -0.25) is 9.71 Å². The zero-order valence-electron chi connectivity index (χ0n) is 9.21. The third-order valence-electron chi connectivity index (χ3n) is 2.14. The van der Waals surface area contributed by atoms with Crippen molar-refractivity contribution in [3.8, 4) is 0 Å². The third kappa shape index (κ3) is 2.62. The fourth-order valence-corrected chi connectivity index (χ4v) is 2.28. The first kappa shape index (κ1) is 11.6. The van der Waals surface area contributed by atoms with E-state index in [2.05, 4.69) is 19.7 Å². The lowest BCUT2D eigenvalue weighted by molar-refractivity contribution is 0.598. The summed E-state index contributed by atoms with van der Waals surface area (Å²) in [6, 6.07) is 3.28. The molecule has 0 fully saturated rings. The van der Waals surface area contributed by atoms with Crippen molar-refractivity contribution in [2.24, 2.45) is 0 Å². The van der Waals surface area contributed by atoms with Crippen molar-refractivity contribution in [3.05, 3.63) is 36.5 Å². The minimum absolute atomic E-state index is 0.0539. The first-order valence-corrected chi connectivity index (χ1v) is 6.57. The van der Waals surface area contributed by atoms with Crippen LogP contribution in [0, 0.1) is 0 Å². The molecular weight excluding hydrogens is 240 g/mol. The third-order valence-corrected chi connectivity index (χ3v) is 3.43. The van der Waals surface area contributed by atoms with Gasteiger partial charge in [-0.15, -0.1) is 0 Å². The first-order valence-electron chi connectivity index (χ1n) is 5.08. The molecule has 0 aliphatic carbocycles. The second-order valence-electron chi connectivity index (χ2n) is 3.39. The lowest BCUT2D eigenvalue weighted by Gasteiger charge is -2.04. The average Bonchev–Trinajstić information content (AvgIpc) is 2.79. The van der Waals surface area contributed by atoms with Crippen molar-refractivity contribution >= 4 is 15.7 Å². The van der Waals surface area contributed by atoms with Crippen LogP contribution in [0.2, 0.25) is 0 Å². The Morgan fingerprint density at radius 2 is 2.24 bits per heavy atom. The number of aryl methyl sites for hydroxylation is 1. The van der Waals surface area contributed by atoms with Crippen LogP contribution in [0.5, 0.6) is 0 Å². The molecular formula is C10H12N4O2S. The Hall–Kier alpha value is -1.89. The Morgan fingerprint density at radius 1 is 1.41 bits per heavy atom. The Bertz CT molecular complexity index is 592. The number of nitrogens with zero attached hydrogens (tertiary/aromatic N) is 2. The second kappa shape index (κ2) is 4.54. The number of aromatic amines is 1. The van der Waals surface area contributed by atoms with Crippen molar-refractivity contribution in [2.45, 2.75) is 18.4 Å². The van der Waals surface area contributed by atoms with E-state index >= 15 is 0 Å². The smallest absolute Gasteiger partial charge is 0.279 e. The lowest BCUT2D eigenvalue weighted by Crippen LogP contribution is -2.13. The summed E-state index contributed by atoms with van der Waals surface area (Å²) >= 11 is 0. The van der Waals surface area contributed by atoms with Gasteiger partial charge < -0.3 is 4.98 Å². The minimum atomic E-state index is -3.61. The summed E-state index contributed by atoms with van der Waals surface area (Å²) in [4.78, 5) is 10.5. The van der Waals surface area contributed by atoms with Crippen LogP contribution in [0.3, 0.4) is 0 Å². The molecule has 0 bridgehead atoms. The van der Waals surface area contributed by atoms with Crippen LogP contribution in [-0.4, -0.2) is 23.4 Å². The minimum Gasteiger partial charge on any atom is -0.332 e. The van der Waals surface area contributed by atoms with Gasteiger partial charge in [0.2, 0.25) is 0 Å². The van der Waals surface area contributed by atoms with Gasteiger partial charge in [-0.05, 0) is 12.1 Å². The van der Waals surface area contributed by atoms with Crippen LogP contribution in [0.4, 0.5) is 5.69 Å². The highest BCUT2D eigenvalue weighted by Gasteiger charge is 2.16. The molecule has 0 aliphatic heterocycles. The van der Waals surface area contributed by atoms with E-state index in [0.29, 0.717) is 17.9 Å². The van der Waals surface area contributed by atoms with E-state index in [9.17, 15) is 8.42 Å². The monoisotopic (exact) mass is 252 g/mol. The Labute approximate surface area is 99.2 Å². The van der Waals surface area contributed by atoms with Crippen LogP contribution >= 0.6 is 0 Å². The number of hydrogen-bond donors (Lipinski definition) is 2. The molecule has 17 heavy (non-hydrogen) atoms.